The van der Waals surface area contributed by atoms with Crippen LogP contribution in [0, 0.1) is 6.92 Å². The van der Waals surface area contributed by atoms with Gasteiger partial charge in [-0.15, -0.1) is 0 Å². The van der Waals surface area contributed by atoms with Crippen LogP contribution < -0.4 is 10.6 Å². The third-order valence-corrected chi connectivity index (χ3v) is 3.95. The van der Waals surface area contributed by atoms with Crippen molar-refractivity contribution in [2.45, 2.75) is 51.9 Å². The number of nitrogens with zero attached hydrogens (tertiary/aromatic N) is 3. The van der Waals surface area contributed by atoms with Crippen LogP contribution >= 0.6 is 0 Å². The van der Waals surface area contributed by atoms with Crippen molar-refractivity contribution < 1.29 is 9.90 Å². The molecule has 1 aliphatic heterocycles. The molecule has 1 fully saturated rings. The first-order valence-corrected chi connectivity index (χ1v) is 7.67. The second-order valence-electron chi connectivity index (χ2n) is 5.62. The molecule has 6 nitrogen and oxygen atoms in total. The average molecular weight is 292 g/mol. The van der Waals surface area contributed by atoms with Gasteiger partial charge in [0.15, 0.2) is 0 Å². The van der Waals surface area contributed by atoms with E-state index in [0.717, 1.165) is 43.0 Å². The molecule has 1 aliphatic rings. The summed E-state index contributed by atoms with van der Waals surface area (Å²) in [5.41, 5.74) is 7.51. The first-order chi connectivity index (χ1) is 10.1. The highest BCUT2D eigenvalue weighted by Gasteiger charge is 2.18. The van der Waals surface area contributed by atoms with Crippen molar-refractivity contribution in [3.05, 3.63) is 11.3 Å². The minimum absolute atomic E-state index is 0.0922. The Balaban J connectivity index is 2.27. The van der Waals surface area contributed by atoms with Crippen molar-refractivity contribution in [1.29, 1.82) is 0 Å². The first kappa shape index (κ1) is 15.5. The van der Waals surface area contributed by atoms with Crippen LogP contribution in [0.15, 0.2) is 0 Å². The summed E-state index contributed by atoms with van der Waals surface area (Å²) in [6.45, 7) is 3.79. The molecule has 1 aromatic heterocycles. The van der Waals surface area contributed by atoms with Gasteiger partial charge in [0.1, 0.15) is 5.82 Å². The standard InChI is InChI=1S/C15H24N4O2/c1-11-12(7-8-13(20)21)14(18-15(16)17-11)19-9-5-3-2-4-6-10-19/h2-10H2,1H3,(H,20,21)(H2,16,17,18). The molecule has 3 N–H and O–H groups in total. The molecule has 0 spiro atoms. The van der Waals surface area contributed by atoms with Crippen molar-refractivity contribution in [3.63, 3.8) is 0 Å². The number of hydrogen-bond donors (Lipinski definition) is 2. The summed E-state index contributed by atoms with van der Waals surface area (Å²) in [6.07, 6.45) is 6.59. The normalized spacial score (nSPS) is 16.3. The van der Waals surface area contributed by atoms with Crippen LogP contribution in [0.1, 0.15) is 49.8 Å². The third kappa shape index (κ3) is 4.31. The van der Waals surface area contributed by atoms with E-state index < -0.39 is 5.97 Å². The van der Waals surface area contributed by atoms with E-state index in [-0.39, 0.29) is 12.4 Å². The fourth-order valence-electron chi connectivity index (χ4n) is 2.85. The minimum atomic E-state index is -0.801. The maximum absolute atomic E-state index is 10.9. The Hall–Kier alpha value is -1.85. The Morgan fingerprint density at radius 3 is 2.43 bits per heavy atom. The van der Waals surface area contributed by atoms with E-state index in [2.05, 4.69) is 14.9 Å². The lowest BCUT2D eigenvalue weighted by Gasteiger charge is -2.28. The predicted molar refractivity (Wildman–Crippen MR) is 82.4 cm³/mol. The number of anilines is 2. The molecule has 0 amide bonds. The number of hydrogen-bond acceptors (Lipinski definition) is 5. The van der Waals surface area contributed by atoms with Crippen molar-refractivity contribution >= 4 is 17.7 Å². The van der Waals surface area contributed by atoms with Crippen LogP contribution in [0.2, 0.25) is 0 Å². The largest absolute Gasteiger partial charge is 0.481 e. The Morgan fingerprint density at radius 2 is 1.81 bits per heavy atom. The van der Waals surface area contributed by atoms with Gasteiger partial charge >= 0.3 is 5.97 Å². The highest BCUT2D eigenvalue weighted by Crippen LogP contribution is 2.25. The fourth-order valence-corrected chi connectivity index (χ4v) is 2.85. The van der Waals surface area contributed by atoms with Gasteiger partial charge in [0.25, 0.3) is 0 Å². The van der Waals surface area contributed by atoms with E-state index in [9.17, 15) is 4.79 Å². The van der Waals surface area contributed by atoms with Crippen molar-refractivity contribution in [1.82, 2.24) is 9.97 Å². The second kappa shape index (κ2) is 7.24. The topological polar surface area (TPSA) is 92.3 Å². The molecule has 6 heteroatoms. The number of rotatable bonds is 4. The van der Waals surface area contributed by atoms with Gasteiger partial charge in [0, 0.05) is 30.8 Å². The summed E-state index contributed by atoms with van der Waals surface area (Å²) < 4.78 is 0. The van der Waals surface area contributed by atoms with E-state index in [1.165, 1.54) is 19.3 Å². The van der Waals surface area contributed by atoms with Crippen LogP contribution in [-0.2, 0) is 11.2 Å². The summed E-state index contributed by atoms with van der Waals surface area (Å²) in [6, 6.07) is 0. The van der Waals surface area contributed by atoms with Crippen LogP contribution in [-0.4, -0.2) is 34.1 Å². The van der Waals surface area contributed by atoms with Gasteiger partial charge in [-0.25, -0.2) is 4.98 Å². The maximum atomic E-state index is 10.9. The van der Waals surface area contributed by atoms with Crippen molar-refractivity contribution in [2.75, 3.05) is 23.7 Å². The van der Waals surface area contributed by atoms with Gasteiger partial charge < -0.3 is 15.7 Å². The summed E-state index contributed by atoms with van der Waals surface area (Å²) >= 11 is 0. The Morgan fingerprint density at radius 1 is 1.19 bits per heavy atom. The molecule has 0 unspecified atom stereocenters. The van der Waals surface area contributed by atoms with Crippen LogP contribution in [0.3, 0.4) is 0 Å². The summed E-state index contributed by atoms with van der Waals surface area (Å²) in [4.78, 5) is 21.7. The van der Waals surface area contributed by atoms with E-state index in [0.29, 0.717) is 6.42 Å². The number of carboxylic acid groups (broad SMARTS) is 1. The zero-order valence-corrected chi connectivity index (χ0v) is 12.6. The van der Waals surface area contributed by atoms with Gasteiger partial charge in [0.2, 0.25) is 5.95 Å². The zero-order chi connectivity index (χ0) is 15.2. The Kier molecular flexibility index (Phi) is 5.36. The number of aromatic nitrogens is 2. The number of carboxylic acids is 1. The molecule has 1 saturated heterocycles. The predicted octanol–water partition coefficient (Wildman–Crippen LogP) is 2.15. The number of aryl methyl sites for hydroxylation is 1. The maximum Gasteiger partial charge on any atom is 0.303 e. The number of nitrogens with two attached hydrogens (primary N) is 1. The lowest BCUT2D eigenvalue weighted by molar-refractivity contribution is -0.136. The molecule has 1 aromatic rings. The molecule has 2 heterocycles. The van der Waals surface area contributed by atoms with E-state index in [1.54, 1.807) is 0 Å². The minimum Gasteiger partial charge on any atom is -0.481 e. The molecule has 2 rings (SSSR count). The number of nitrogen functional groups attached to an aromatic ring is 1. The number of aliphatic carboxylic acids is 1. The van der Waals surface area contributed by atoms with Gasteiger partial charge in [0.05, 0.1) is 0 Å². The quantitative estimate of drug-likeness (QED) is 0.883. The lowest BCUT2D eigenvalue weighted by atomic mass is 10.1. The molecule has 0 saturated carbocycles. The molecule has 0 aromatic carbocycles. The van der Waals surface area contributed by atoms with Gasteiger partial charge in [-0.2, -0.15) is 4.98 Å². The molecule has 21 heavy (non-hydrogen) atoms. The smallest absolute Gasteiger partial charge is 0.303 e. The zero-order valence-electron chi connectivity index (χ0n) is 12.6. The molecule has 0 bridgehead atoms. The highest BCUT2D eigenvalue weighted by atomic mass is 16.4. The summed E-state index contributed by atoms with van der Waals surface area (Å²) in [5, 5.41) is 8.92. The molecule has 0 atom stereocenters. The number of carbonyl (C=O) groups is 1. The summed E-state index contributed by atoms with van der Waals surface area (Å²) in [7, 11) is 0. The molecular formula is C15H24N4O2. The SMILES string of the molecule is Cc1nc(N)nc(N2CCCCCCC2)c1CCC(=O)O. The van der Waals surface area contributed by atoms with Gasteiger partial charge in [-0.05, 0) is 26.2 Å². The van der Waals surface area contributed by atoms with Gasteiger partial charge in [-0.1, -0.05) is 19.3 Å². The molecular weight excluding hydrogens is 268 g/mol. The second-order valence-corrected chi connectivity index (χ2v) is 5.62. The van der Waals surface area contributed by atoms with E-state index >= 15 is 0 Å². The molecule has 0 radical (unpaired) electrons. The molecule has 116 valence electrons. The van der Waals surface area contributed by atoms with Crippen molar-refractivity contribution in [3.8, 4) is 0 Å². The van der Waals surface area contributed by atoms with Crippen molar-refractivity contribution in [2.24, 2.45) is 0 Å². The Bertz CT molecular complexity index is 497. The Labute approximate surface area is 125 Å². The highest BCUT2D eigenvalue weighted by molar-refractivity contribution is 5.68. The van der Waals surface area contributed by atoms with E-state index in [1.807, 2.05) is 6.92 Å². The fraction of sp³-hybridized carbons (Fsp3) is 0.667. The summed E-state index contributed by atoms with van der Waals surface area (Å²) in [5.74, 6) is 0.302. The first-order valence-electron chi connectivity index (χ1n) is 7.67. The molecule has 0 aliphatic carbocycles. The lowest BCUT2D eigenvalue weighted by Crippen LogP contribution is -2.30. The van der Waals surface area contributed by atoms with Crippen LogP contribution in [0.25, 0.3) is 0 Å². The van der Waals surface area contributed by atoms with Gasteiger partial charge in [-0.3, -0.25) is 4.79 Å². The van der Waals surface area contributed by atoms with Crippen LogP contribution in [0.4, 0.5) is 11.8 Å². The van der Waals surface area contributed by atoms with E-state index in [4.69, 9.17) is 10.8 Å². The van der Waals surface area contributed by atoms with Crippen LogP contribution in [0.5, 0.6) is 0 Å². The average Bonchev–Trinajstić information content (AvgIpc) is 2.36. The monoisotopic (exact) mass is 292 g/mol. The third-order valence-electron chi connectivity index (χ3n) is 3.95.